The van der Waals surface area contributed by atoms with Crippen molar-refractivity contribution in [3.8, 4) is 0 Å². The van der Waals surface area contributed by atoms with Crippen LogP contribution in [0.25, 0.3) is 10.8 Å². The van der Waals surface area contributed by atoms with Gasteiger partial charge in [0.05, 0.1) is 23.0 Å². The summed E-state index contributed by atoms with van der Waals surface area (Å²) in [5.41, 5.74) is 2.59. The maximum absolute atomic E-state index is 12.3. The number of anilines is 1. The summed E-state index contributed by atoms with van der Waals surface area (Å²) in [4.78, 5) is 16.9. The second-order valence-corrected chi connectivity index (χ2v) is 7.15. The van der Waals surface area contributed by atoms with Crippen LogP contribution in [0.1, 0.15) is 29.0 Å². The van der Waals surface area contributed by atoms with E-state index in [0.29, 0.717) is 10.4 Å². The number of imidazole rings is 1. The first-order chi connectivity index (χ1) is 13.1. The lowest BCUT2D eigenvalue weighted by Gasteiger charge is -2.34. The highest BCUT2D eigenvalue weighted by Gasteiger charge is 2.36. The van der Waals surface area contributed by atoms with Crippen LogP contribution in [0, 0.1) is 0 Å². The third-order valence-corrected chi connectivity index (χ3v) is 5.40. The molecule has 1 aliphatic heterocycles. The van der Waals surface area contributed by atoms with Crippen molar-refractivity contribution in [3.63, 3.8) is 0 Å². The molecule has 3 heterocycles. The lowest BCUT2D eigenvalue weighted by molar-refractivity contribution is 0.584. The van der Waals surface area contributed by atoms with Gasteiger partial charge >= 0.3 is 0 Å². The lowest BCUT2D eigenvalue weighted by Crippen LogP contribution is -2.29. The number of rotatable bonds is 2. The van der Waals surface area contributed by atoms with Crippen LogP contribution in [0.3, 0.4) is 0 Å². The molecule has 0 spiro atoms. The molecule has 0 bridgehead atoms. The first-order valence-corrected chi connectivity index (χ1v) is 9.02. The molecule has 0 aliphatic carbocycles. The molecule has 2 aromatic carbocycles. The molecule has 2 aromatic heterocycles. The summed E-state index contributed by atoms with van der Waals surface area (Å²) in [5, 5.41) is 12.9. The Morgan fingerprint density at radius 1 is 1.15 bits per heavy atom. The maximum Gasteiger partial charge on any atom is 0.272 e. The number of nitrogens with one attached hydrogen (secondary N) is 2. The van der Waals surface area contributed by atoms with Crippen molar-refractivity contribution in [2.24, 2.45) is 7.05 Å². The van der Waals surface area contributed by atoms with Gasteiger partial charge in [-0.15, -0.1) is 0 Å². The van der Waals surface area contributed by atoms with Gasteiger partial charge in [-0.3, -0.25) is 4.79 Å². The molecular weight excluding hydrogens is 362 g/mol. The molecule has 0 amide bonds. The molecule has 4 aromatic rings. The number of H-pyrrole nitrogens is 1. The van der Waals surface area contributed by atoms with E-state index in [9.17, 15) is 4.79 Å². The van der Waals surface area contributed by atoms with E-state index in [1.807, 2.05) is 60.3 Å². The number of halogens is 1. The normalized spacial score (nSPS) is 18.4. The molecule has 134 valence electrons. The van der Waals surface area contributed by atoms with Crippen molar-refractivity contribution in [2.45, 2.75) is 12.0 Å². The van der Waals surface area contributed by atoms with Crippen molar-refractivity contribution in [1.29, 1.82) is 0 Å². The van der Waals surface area contributed by atoms with Crippen LogP contribution in [-0.2, 0) is 7.05 Å². The Labute approximate surface area is 159 Å². The van der Waals surface area contributed by atoms with E-state index >= 15 is 0 Å². The monoisotopic (exact) mass is 377 g/mol. The SMILES string of the molecule is Cn1ccnc1C1c2n[nH]c(=O)c3cccc(c23)NC1c1ccc(Cl)cc1. The van der Waals surface area contributed by atoms with Crippen molar-refractivity contribution >= 4 is 28.1 Å². The first-order valence-electron chi connectivity index (χ1n) is 8.64. The molecule has 2 N–H and O–H groups in total. The molecule has 27 heavy (non-hydrogen) atoms. The van der Waals surface area contributed by atoms with E-state index in [4.69, 9.17) is 11.6 Å². The van der Waals surface area contributed by atoms with Gasteiger partial charge < -0.3 is 9.88 Å². The van der Waals surface area contributed by atoms with Crippen molar-refractivity contribution < 1.29 is 0 Å². The molecule has 0 radical (unpaired) electrons. The minimum atomic E-state index is -0.194. The summed E-state index contributed by atoms with van der Waals surface area (Å²) in [7, 11) is 1.96. The molecule has 2 atom stereocenters. The van der Waals surface area contributed by atoms with Crippen LogP contribution >= 0.6 is 11.6 Å². The Kier molecular flexibility index (Phi) is 3.55. The minimum Gasteiger partial charge on any atom is -0.377 e. The van der Waals surface area contributed by atoms with E-state index in [1.165, 1.54) is 0 Å². The zero-order chi connectivity index (χ0) is 18.5. The number of benzene rings is 2. The molecular formula is C20H16ClN5O. The third kappa shape index (κ3) is 2.44. The summed E-state index contributed by atoms with van der Waals surface area (Å²) in [5.74, 6) is 0.707. The fourth-order valence-electron chi connectivity index (χ4n) is 3.89. The highest BCUT2D eigenvalue weighted by molar-refractivity contribution is 6.30. The Bertz CT molecular complexity index is 1210. The van der Waals surface area contributed by atoms with E-state index in [1.54, 1.807) is 6.20 Å². The van der Waals surface area contributed by atoms with Gasteiger partial charge in [0.1, 0.15) is 5.82 Å². The Hall–Kier alpha value is -3.12. The summed E-state index contributed by atoms with van der Waals surface area (Å²) in [6.07, 6.45) is 3.69. The van der Waals surface area contributed by atoms with Gasteiger partial charge in [-0.25, -0.2) is 10.1 Å². The molecule has 2 unspecified atom stereocenters. The maximum atomic E-state index is 12.3. The molecule has 5 rings (SSSR count). The summed E-state index contributed by atoms with van der Waals surface area (Å²) < 4.78 is 1.99. The Balaban J connectivity index is 1.81. The van der Waals surface area contributed by atoms with Crippen LogP contribution in [-0.4, -0.2) is 19.7 Å². The molecule has 0 saturated carbocycles. The van der Waals surface area contributed by atoms with Gasteiger partial charge in [0.2, 0.25) is 0 Å². The van der Waals surface area contributed by atoms with Crippen molar-refractivity contribution in [1.82, 2.24) is 19.7 Å². The summed E-state index contributed by atoms with van der Waals surface area (Å²) in [6, 6.07) is 13.4. The third-order valence-electron chi connectivity index (χ3n) is 5.15. The van der Waals surface area contributed by atoms with Gasteiger partial charge in [0.15, 0.2) is 0 Å². The highest BCUT2D eigenvalue weighted by atomic mass is 35.5. The van der Waals surface area contributed by atoms with Gasteiger partial charge in [-0.2, -0.15) is 5.10 Å². The number of hydrogen-bond acceptors (Lipinski definition) is 4. The topological polar surface area (TPSA) is 75.6 Å². The first kappa shape index (κ1) is 16.1. The fourth-order valence-corrected chi connectivity index (χ4v) is 4.02. The fraction of sp³-hybridized carbons (Fsp3) is 0.150. The Morgan fingerprint density at radius 2 is 1.96 bits per heavy atom. The highest BCUT2D eigenvalue weighted by Crippen LogP contribution is 2.45. The average molecular weight is 378 g/mol. The van der Waals surface area contributed by atoms with E-state index in [2.05, 4.69) is 20.5 Å². The van der Waals surface area contributed by atoms with E-state index < -0.39 is 0 Å². The van der Waals surface area contributed by atoms with Gasteiger partial charge in [-0.05, 0) is 29.8 Å². The van der Waals surface area contributed by atoms with E-state index in [-0.39, 0.29) is 17.5 Å². The second kappa shape index (κ2) is 5.96. The van der Waals surface area contributed by atoms with Crippen LogP contribution in [0.4, 0.5) is 5.69 Å². The predicted octanol–water partition coefficient (Wildman–Crippen LogP) is 3.61. The van der Waals surface area contributed by atoms with Crippen LogP contribution in [0.2, 0.25) is 5.02 Å². The zero-order valence-corrected chi connectivity index (χ0v) is 15.2. The number of hydrogen-bond donors (Lipinski definition) is 2. The largest absolute Gasteiger partial charge is 0.377 e. The molecule has 7 heteroatoms. The number of aromatic nitrogens is 4. The lowest BCUT2D eigenvalue weighted by atomic mass is 9.83. The standard InChI is InChI=1S/C20H16ClN5O/c1-26-10-9-22-19(26)16-17(11-5-7-12(21)8-6-11)23-14-4-2-3-13-15(14)18(16)24-25-20(13)27/h2-10,16-17,23H,1H3,(H,25,27). The second-order valence-electron chi connectivity index (χ2n) is 6.71. The van der Waals surface area contributed by atoms with E-state index in [0.717, 1.165) is 28.2 Å². The predicted molar refractivity (Wildman–Crippen MR) is 105 cm³/mol. The summed E-state index contributed by atoms with van der Waals surface area (Å²) >= 11 is 6.09. The quantitative estimate of drug-likeness (QED) is 0.559. The van der Waals surface area contributed by atoms with Crippen LogP contribution in [0.15, 0.2) is 59.7 Å². The van der Waals surface area contributed by atoms with Crippen LogP contribution < -0.4 is 10.9 Å². The zero-order valence-electron chi connectivity index (χ0n) is 14.5. The minimum absolute atomic E-state index is 0.0973. The number of aromatic amines is 1. The van der Waals surface area contributed by atoms with Gasteiger partial charge in [-0.1, -0.05) is 29.8 Å². The Morgan fingerprint density at radius 3 is 2.70 bits per heavy atom. The number of aryl methyl sites for hydroxylation is 1. The van der Waals surface area contributed by atoms with Crippen molar-refractivity contribution in [3.05, 3.63) is 87.3 Å². The molecule has 1 aliphatic rings. The van der Waals surface area contributed by atoms with Crippen LogP contribution in [0.5, 0.6) is 0 Å². The van der Waals surface area contributed by atoms with Gasteiger partial charge in [0, 0.05) is 35.5 Å². The van der Waals surface area contributed by atoms with Crippen molar-refractivity contribution in [2.75, 3.05) is 5.32 Å². The smallest absolute Gasteiger partial charge is 0.272 e. The molecule has 0 fully saturated rings. The molecule has 0 saturated heterocycles. The van der Waals surface area contributed by atoms with Gasteiger partial charge in [0.25, 0.3) is 5.56 Å². The average Bonchev–Trinajstić information content (AvgIpc) is 3.10. The molecule has 6 nitrogen and oxygen atoms in total. The number of nitrogens with zero attached hydrogens (tertiary/aromatic N) is 3. The summed E-state index contributed by atoms with van der Waals surface area (Å²) in [6.45, 7) is 0.